The molecule has 0 radical (unpaired) electrons. The maximum atomic E-state index is 12.2. The second kappa shape index (κ2) is 9.13. The van der Waals surface area contributed by atoms with Gasteiger partial charge in [-0.3, -0.25) is 4.79 Å². The predicted octanol–water partition coefficient (Wildman–Crippen LogP) is 3.57. The Labute approximate surface area is 172 Å². The van der Waals surface area contributed by atoms with Crippen molar-refractivity contribution in [3.8, 4) is 17.6 Å². The highest BCUT2D eigenvalue weighted by Crippen LogP contribution is 2.31. The standard InChI is InChI=1S/C21H17ClN2O5/c1-13(21(26)24-16-5-4-15(12-23)17(22)11-16)29-20(25)7-3-14-2-6-18-19(10-14)28-9-8-27-18/h2-7,10-11,13H,8-9H2,1H3,(H,24,26)/b7-3+/t13-/m0/s1. The van der Waals surface area contributed by atoms with Crippen LogP contribution in [0.25, 0.3) is 6.08 Å². The summed E-state index contributed by atoms with van der Waals surface area (Å²) in [6.07, 6.45) is 1.76. The number of amides is 1. The summed E-state index contributed by atoms with van der Waals surface area (Å²) >= 11 is 5.94. The molecular formula is C21H17ClN2O5. The van der Waals surface area contributed by atoms with Gasteiger partial charge in [0.15, 0.2) is 17.6 Å². The van der Waals surface area contributed by atoms with Gasteiger partial charge in [0.25, 0.3) is 5.91 Å². The van der Waals surface area contributed by atoms with E-state index < -0.39 is 18.0 Å². The van der Waals surface area contributed by atoms with E-state index in [9.17, 15) is 9.59 Å². The molecule has 2 aromatic carbocycles. The van der Waals surface area contributed by atoms with Crippen LogP contribution in [0.2, 0.25) is 5.02 Å². The zero-order valence-electron chi connectivity index (χ0n) is 15.5. The van der Waals surface area contributed by atoms with Crippen LogP contribution in [0, 0.1) is 11.3 Å². The van der Waals surface area contributed by atoms with Gasteiger partial charge in [0.1, 0.15) is 19.3 Å². The molecule has 1 aliphatic rings. The zero-order valence-corrected chi connectivity index (χ0v) is 16.2. The molecule has 1 atom stereocenters. The fourth-order valence-corrected chi connectivity index (χ4v) is 2.75. The van der Waals surface area contributed by atoms with Crippen LogP contribution in [0.4, 0.5) is 5.69 Å². The first kappa shape index (κ1) is 20.2. The summed E-state index contributed by atoms with van der Waals surface area (Å²) < 4.78 is 16.0. The average Bonchev–Trinajstić information content (AvgIpc) is 2.72. The fourth-order valence-electron chi connectivity index (χ4n) is 2.52. The van der Waals surface area contributed by atoms with Gasteiger partial charge in [-0.25, -0.2) is 4.79 Å². The number of carbonyl (C=O) groups is 2. The van der Waals surface area contributed by atoms with E-state index in [0.29, 0.717) is 36.0 Å². The van der Waals surface area contributed by atoms with Crippen molar-refractivity contribution in [2.75, 3.05) is 18.5 Å². The second-order valence-corrected chi connectivity index (χ2v) is 6.52. The molecule has 1 N–H and O–H groups in total. The van der Waals surface area contributed by atoms with Crippen LogP contribution in [0.15, 0.2) is 42.5 Å². The fraction of sp³-hybridized carbons (Fsp3) is 0.190. The highest BCUT2D eigenvalue weighted by molar-refractivity contribution is 6.32. The van der Waals surface area contributed by atoms with Crippen LogP contribution in [-0.4, -0.2) is 31.2 Å². The number of hydrogen-bond acceptors (Lipinski definition) is 6. The number of benzene rings is 2. The number of ether oxygens (including phenoxy) is 3. The van der Waals surface area contributed by atoms with E-state index in [-0.39, 0.29) is 5.02 Å². The Balaban J connectivity index is 1.55. The first-order chi connectivity index (χ1) is 14.0. The second-order valence-electron chi connectivity index (χ2n) is 6.11. The maximum absolute atomic E-state index is 12.2. The molecule has 0 aromatic heterocycles. The summed E-state index contributed by atoms with van der Waals surface area (Å²) in [4.78, 5) is 24.2. The zero-order chi connectivity index (χ0) is 20.8. The molecule has 0 spiro atoms. The molecule has 0 aliphatic carbocycles. The number of anilines is 1. The molecule has 0 bridgehead atoms. The van der Waals surface area contributed by atoms with Crippen molar-refractivity contribution >= 4 is 35.2 Å². The number of nitriles is 1. The summed E-state index contributed by atoms with van der Waals surface area (Å²) in [5.74, 6) is 0.0806. The van der Waals surface area contributed by atoms with Crippen molar-refractivity contribution in [2.24, 2.45) is 0 Å². The van der Waals surface area contributed by atoms with Crippen LogP contribution >= 0.6 is 11.6 Å². The lowest BCUT2D eigenvalue weighted by molar-refractivity contribution is -0.148. The van der Waals surface area contributed by atoms with Crippen molar-refractivity contribution in [3.05, 3.63) is 58.6 Å². The van der Waals surface area contributed by atoms with Crippen molar-refractivity contribution in [3.63, 3.8) is 0 Å². The van der Waals surface area contributed by atoms with Crippen LogP contribution in [0.5, 0.6) is 11.5 Å². The minimum absolute atomic E-state index is 0.220. The van der Waals surface area contributed by atoms with Gasteiger partial charge in [-0.15, -0.1) is 0 Å². The van der Waals surface area contributed by atoms with Crippen molar-refractivity contribution in [1.29, 1.82) is 5.26 Å². The Morgan fingerprint density at radius 3 is 2.69 bits per heavy atom. The molecule has 8 heteroatoms. The van der Waals surface area contributed by atoms with Crippen LogP contribution in [0.1, 0.15) is 18.1 Å². The lowest BCUT2D eigenvalue weighted by Gasteiger charge is -2.18. The minimum atomic E-state index is -1.03. The predicted molar refractivity (Wildman–Crippen MR) is 107 cm³/mol. The number of esters is 1. The molecule has 1 heterocycles. The first-order valence-corrected chi connectivity index (χ1v) is 9.13. The van der Waals surface area contributed by atoms with Crippen molar-refractivity contribution in [2.45, 2.75) is 13.0 Å². The molecule has 1 amide bonds. The Morgan fingerprint density at radius 1 is 1.21 bits per heavy atom. The van der Waals surface area contributed by atoms with E-state index in [1.54, 1.807) is 30.3 Å². The Bertz CT molecular complexity index is 1010. The minimum Gasteiger partial charge on any atom is -0.486 e. The molecule has 0 saturated carbocycles. The van der Waals surface area contributed by atoms with E-state index in [1.165, 1.54) is 25.1 Å². The monoisotopic (exact) mass is 412 g/mol. The lowest BCUT2D eigenvalue weighted by Crippen LogP contribution is -2.29. The maximum Gasteiger partial charge on any atom is 0.331 e. The average molecular weight is 413 g/mol. The Kier molecular flexibility index (Phi) is 6.37. The Morgan fingerprint density at radius 2 is 1.97 bits per heavy atom. The van der Waals surface area contributed by atoms with E-state index in [1.807, 2.05) is 6.07 Å². The number of halogens is 1. The van der Waals surface area contributed by atoms with Crippen molar-refractivity contribution in [1.82, 2.24) is 0 Å². The smallest absolute Gasteiger partial charge is 0.331 e. The largest absolute Gasteiger partial charge is 0.486 e. The van der Waals surface area contributed by atoms with Gasteiger partial charge in [0, 0.05) is 11.8 Å². The summed E-state index contributed by atoms with van der Waals surface area (Å²) in [5, 5.41) is 11.7. The van der Waals surface area contributed by atoms with Crippen LogP contribution in [0.3, 0.4) is 0 Å². The molecule has 7 nitrogen and oxygen atoms in total. The Hall–Kier alpha value is -3.50. The quantitative estimate of drug-likeness (QED) is 0.595. The van der Waals surface area contributed by atoms with Crippen LogP contribution < -0.4 is 14.8 Å². The van der Waals surface area contributed by atoms with E-state index in [0.717, 1.165) is 5.56 Å². The SMILES string of the molecule is C[C@H](OC(=O)/C=C/c1ccc2c(c1)OCCO2)C(=O)Nc1ccc(C#N)c(Cl)c1. The number of carbonyl (C=O) groups excluding carboxylic acids is 2. The van der Waals surface area contributed by atoms with Gasteiger partial charge in [0.05, 0.1) is 10.6 Å². The number of nitrogens with zero attached hydrogens (tertiary/aromatic N) is 1. The van der Waals surface area contributed by atoms with Crippen LogP contribution in [-0.2, 0) is 14.3 Å². The normalized spacial score (nSPS) is 13.4. The van der Waals surface area contributed by atoms with Gasteiger partial charge < -0.3 is 19.5 Å². The molecule has 148 valence electrons. The van der Waals surface area contributed by atoms with Gasteiger partial charge in [-0.2, -0.15) is 5.26 Å². The molecule has 29 heavy (non-hydrogen) atoms. The molecule has 2 aromatic rings. The number of hydrogen-bond donors (Lipinski definition) is 1. The molecule has 0 saturated heterocycles. The summed E-state index contributed by atoms with van der Waals surface area (Å²) in [7, 11) is 0. The number of rotatable bonds is 5. The molecule has 0 unspecified atom stereocenters. The highest BCUT2D eigenvalue weighted by atomic mass is 35.5. The van der Waals surface area contributed by atoms with Gasteiger partial charge in [0.2, 0.25) is 0 Å². The lowest BCUT2D eigenvalue weighted by atomic mass is 10.2. The molecular weight excluding hydrogens is 396 g/mol. The van der Waals surface area contributed by atoms with Gasteiger partial charge in [-0.05, 0) is 48.9 Å². The van der Waals surface area contributed by atoms with E-state index in [4.69, 9.17) is 31.1 Å². The van der Waals surface area contributed by atoms with Gasteiger partial charge in [-0.1, -0.05) is 17.7 Å². The molecule has 3 rings (SSSR count). The highest BCUT2D eigenvalue weighted by Gasteiger charge is 2.17. The number of nitrogens with one attached hydrogen (secondary N) is 1. The van der Waals surface area contributed by atoms with Gasteiger partial charge >= 0.3 is 5.97 Å². The van der Waals surface area contributed by atoms with Crippen molar-refractivity contribution < 1.29 is 23.8 Å². The summed E-state index contributed by atoms with van der Waals surface area (Å²) in [6, 6.07) is 11.7. The summed E-state index contributed by atoms with van der Waals surface area (Å²) in [6.45, 7) is 2.43. The number of fused-ring (bicyclic) bond motifs is 1. The topological polar surface area (TPSA) is 97.7 Å². The van der Waals surface area contributed by atoms with E-state index >= 15 is 0 Å². The molecule has 0 fully saturated rings. The third-order valence-corrected chi connectivity index (χ3v) is 4.31. The summed E-state index contributed by atoms with van der Waals surface area (Å²) in [5.41, 5.74) is 1.43. The molecule has 1 aliphatic heterocycles. The first-order valence-electron chi connectivity index (χ1n) is 8.75. The third kappa shape index (κ3) is 5.27. The third-order valence-electron chi connectivity index (χ3n) is 4.00. The van der Waals surface area contributed by atoms with E-state index in [2.05, 4.69) is 5.32 Å².